The SMILES string of the molecule is CCOc1ccccc1C(Br)Cc1ccc(F)cc1F. The van der Waals surface area contributed by atoms with Crippen LogP contribution in [0, 0.1) is 11.6 Å². The van der Waals surface area contributed by atoms with E-state index in [2.05, 4.69) is 15.9 Å². The lowest BCUT2D eigenvalue weighted by Crippen LogP contribution is -2.02. The standard InChI is InChI=1S/C16H15BrF2O/c1-2-20-16-6-4-3-5-13(16)14(17)9-11-7-8-12(18)10-15(11)19/h3-8,10,14H,2,9H2,1H3. The normalized spacial score (nSPS) is 12.2. The number of benzene rings is 2. The summed E-state index contributed by atoms with van der Waals surface area (Å²) in [7, 11) is 0. The Hall–Kier alpha value is -1.42. The van der Waals surface area contributed by atoms with Crippen LogP contribution in [0.5, 0.6) is 5.75 Å². The Bertz CT molecular complexity index is 586. The van der Waals surface area contributed by atoms with Gasteiger partial charge in [-0.1, -0.05) is 40.2 Å². The molecule has 0 N–H and O–H groups in total. The summed E-state index contributed by atoms with van der Waals surface area (Å²) in [6.07, 6.45) is 0.427. The third-order valence-corrected chi connectivity index (χ3v) is 3.79. The summed E-state index contributed by atoms with van der Waals surface area (Å²) in [5.74, 6) is -0.310. The Labute approximate surface area is 125 Å². The van der Waals surface area contributed by atoms with Crippen LogP contribution in [-0.4, -0.2) is 6.61 Å². The van der Waals surface area contributed by atoms with Crippen molar-refractivity contribution < 1.29 is 13.5 Å². The molecule has 0 aliphatic carbocycles. The second-order valence-corrected chi connectivity index (χ2v) is 5.48. The number of para-hydroxylation sites is 1. The molecule has 1 nitrogen and oxygen atoms in total. The van der Waals surface area contributed by atoms with E-state index in [1.165, 1.54) is 12.1 Å². The molecule has 0 spiro atoms. The third kappa shape index (κ3) is 3.57. The van der Waals surface area contributed by atoms with Crippen molar-refractivity contribution in [1.82, 2.24) is 0 Å². The molecule has 0 aliphatic rings. The lowest BCUT2D eigenvalue weighted by Gasteiger charge is -2.15. The number of rotatable bonds is 5. The predicted octanol–water partition coefficient (Wildman–Crippen LogP) is 5.04. The topological polar surface area (TPSA) is 9.23 Å². The Morgan fingerprint density at radius 3 is 2.60 bits per heavy atom. The summed E-state index contributed by atoms with van der Waals surface area (Å²) in [4.78, 5) is -0.0924. The van der Waals surface area contributed by atoms with Crippen molar-refractivity contribution in [3.05, 3.63) is 65.2 Å². The summed E-state index contributed by atoms with van der Waals surface area (Å²) < 4.78 is 32.1. The van der Waals surface area contributed by atoms with Gasteiger partial charge in [-0.25, -0.2) is 8.78 Å². The predicted molar refractivity (Wildman–Crippen MR) is 79.3 cm³/mol. The Balaban J connectivity index is 2.21. The van der Waals surface area contributed by atoms with Crippen LogP contribution >= 0.6 is 15.9 Å². The van der Waals surface area contributed by atoms with Gasteiger partial charge in [0.2, 0.25) is 0 Å². The molecule has 2 aromatic carbocycles. The summed E-state index contributed by atoms with van der Waals surface area (Å²) in [5.41, 5.74) is 1.43. The Kier molecular flexibility index (Phi) is 5.12. The molecule has 4 heteroatoms. The van der Waals surface area contributed by atoms with Gasteiger partial charge in [-0.05, 0) is 31.0 Å². The lowest BCUT2D eigenvalue weighted by molar-refractivity contribution is 0.336. The van der Waals surface area contributed by atoms with Gasteiger partial charge in [0.05, 0.1) is 6.61 Å². The number of alkyl halides is 1. The van der Waals surface area contributed by atoms with E-state index in [1.54, 1.807) is 0 Å². The highest BCUT2D eigenvalue weighted by atomic mass is 79.9. The zero-order valence-corrected chi connectivity index (χ0v) is 12.7. The van der Waals surface area contributed by atoms with Crippen molar-refractivity contribution in [2.45, 2.75) is 18.2 Å². The minimum atomic E-state index is -0.563. The van der Waals surface area contributed by atoms with Gasteiger partial charge in [-0.15, -0.1) is 0 Å². The second kappa shape index (κ2) is 6.84. The van der Waals surface area contributed by atoms with Gasteiger partial charge in [0.25, 0.3) is 0 Å². The van der Waals surface area contributed by atoms with Gasteiger partial charge in [0.15, 0.2) is 0 Å². The van der Waals surface area contributed by atoms with Crippen molar-refractivity contribution in [3.8, 4) is 5.75 Å². The number of halogens is 3. The fourth-order valence-electron chi connectivity index (χ4n) is 2.02. The Morgan fingerprint density at radius 2 is 1.90 bits per heavy atom. The van der Waals surface area contributed by atoms with E-state index in [1.807, 2.05) is 31.2 Å². The van der Waals surface area contributed by atoms with Gasteiger partial charge >= 0.3 is 0 Å². The zero-order chi connectivity index (χ0) is 14.5. The molecular weight excluding hydrogens is 326 g/mol. The number of ether oxygens (including phenoxy) is 1. The maximum absolute atomic E-state index is 13.7. The van der Waals surface area contributed by atoms with E-state index in [9.17, 15) is 8.78 Å². The van der Waals surface area contributed by atoms with E-state index in [-0.39, 0.29) is 4.83 Å². The minimum absolute atomic E-state index is 0.0924. The highest BCUT2D eigenvalue weighted by Gasteiger charge is 2.15. The minimum Gasteiger partial charge on any atom is -0.494 e. The number of hydrogen-bond acceptors (Lipinski definition) is 1. The second-order valence-electron chi connectivity index (χ2n) is 4.38. The summed E-state index contributed by atoms with van der Waals surface area (Å²) >= 11 is 3.56. The average molecular weight is 341 g/mol. The van der Waals surface area contributed by atoms with Crippen LogP contribution in [0.4, 0.5) is 8.78 Å². The van der Waals surface area contributed by atoms with Gasteiger partial charge in [0, 0.05) is 16.5 Å². The summed E-state index contributed by atoms with van der Waals surface area (Å²) in [6, 6.07) is 11.3. The van der Waals surface area contributed by atoms with Crippen LogP contribution in [0.1, 0.15) is 22.9 Å². The molecule has 0 aromatic heterocycles. The fraction of sp³-hybridized carbons (Fsp3) is 0.250. The van der Waals surface area contributed by atoms with Crippen molar-refractivity contribution in [3.63, 3.8) is 0 Å². The van der Waals surface area contributed by atoms with Crippen molar-refractivity contribution in [2.75, 3.05) is 6.61 Å². The third-order valence-electron chi connectivity index (χ3n) is 2.97. The maximum Gasteiger partial charge on any atom is 0.129 e. The van der Waals surface area contributed by atoms with Gasteiger partial charge in [0.1, 0.15) is 17.4 Å². The van der Waals surface area contributed by atoms with Crippen LogP contribution in [0.25, 0.3) is 0 Å². The van der Waals surface area contributed by atoms with Crippen LogP contribution in [0.3, 0.4) is 0 Å². The molecule has 2 rings (SSSR count). The van der Waals surface area contributed by atoms with E-state index in [4.69, 9.17) is 4.74 Å². The molecule has 0 fully saturated rings. The van der Waals surface area contributed by atoms with E-state index < -0.39 is 11.6 Å². The molecule has 2 aromatic rings. The molecule has 106 valence electrons. The molecule has 0 saturated heterocycles. The molecular formula is C16H15BrF2O. The van der Waals surface area contributed by atoms with Crippen molar-refractivity contribution in [1.29, 1.82) is 0 Å². The molecule has 0 bridgehead atoms. The molecule has 0 amide bonds. The first kappa shape index (κ1) is 15.0. The van der Waals surface area contributed by atoms with E-state index >= 15 is 0 Å². The molecule has 1 atom stereocenters. The smallest absolute Gasteiger partial charge is 0.129 e. The van der Waals surface area contributed by atoms with Crippen LogP contribution in [0.15, 0.2) is 42.5 Å². The van der Waals surface area contributed by atoms with E-state index in [0.29, 0.717) is 18.6 Å². The van der Waals surface area contributed by atoms with Crippen molar-refractivity contribution >= 4 is 15.9 Å². The van der Waals surface area contributed by atoms with E-state index in [0.717, 1.165) is 17.4 Å². The zero-order valence-electron chi connectivity index (χ0n) is 11.1. The largest absolute Gasteiger partial charge is 0.494 e. The quantitative estimate of drug-likeness (QED) is 0.692. The van der Waals surface area contributed by atoms with Crippen LogP contribution < -0.4 is 4.74 Å². The lowest BCUT2D eigenvalue weighted by atomic mass is 10.0. The van der Waals surface area contributed by atoms with Crippen LogP contribution in [-0.2, 0) is 6.42 Å². The first-order valence-electron chi connectivity index (χ1n) is 6.41. The highest BCUT2D eigenvalue weighted by Crippen LogP contribution is 2.34. The Morgan fingerprint density at radius 1 is 1.15 bits per heavy atom. The van der Waals surface area contributed by atoms with Gasteiger partial charge in [-0.3, -0.25) is 0 Å². The first-order chi connectivity index (χ1) is 9.61. The summed E-state index contributed by atoms with van der Waals surface area (Å²) in [5, 5.41) is 0. The molecule has 0 heterocycles. The molecule has 0 saturated carbocycles. The average Bonchev–Trinajstić information content (AvgIpc) is 2.43. The van der Waals surface area contributed by atoms with Crippen molar-refractivity contribution in [2.24, 2.45) is 0 Å². The molecule has 0 aliphatic heterocycles. The molecule has 1 unspecified atom stereocenters. The highest BCUT2D eigenvalue weighted by molar-refractivity contribution is 9.09. The fourth-order valence-corrected chi connectivity index (χ4v) is 2.74. The number of hydrogen-bond donors (Lipinski definition) is 0. The molecule has 0 radical (unpaired) electrons. The maximum atomic E-state index is 13.7. The first-order valence-corrected chi connectivity index (χ1v) is 7.33. The summed E-state index contributed by atoms with van der Waals surface area (Å²) in [6.45, 7) is 2.49. The van der Waals surface area contributed by atoms with Gasteiger partial charge in [-0.2, -0.15) is 0 Å². The molecule has 20 heavy (non-hydrogen) atoms. The van der Waals surface area contributed by atoms with Gasteiger partial charge < -0.3 is 4.74 Å². The monoisotopic (exact) mass is 340 g/mol. The van der Waals surface area contributed by atoms with Crippen LogP contribution in [0.2, 0.25) is 0 Å².